The first-order valence-corrected chi connectivity index (χ1v) is 28.0. The summed E-state index contributed by atoms with van der Waals surface area (Å²) in [5, 5.41) is 40.3. The van der Waals surface area contributed by atoms with E-state index in [0.717, 1.165) is 83.5 Å². The summed E-state index contributed by atoms with van der Waals surface area (Å²) in [5.41, 5.74) is 0. The first kappa shape index (κ1) is 64.9. The quantitative estimate of drug-likeness (QED) is 0.0267. The van der Waals surface area contributed by atoms with Crippen LogP contribution in [-0.2, 0) is 23.7 Å². The number of ether oxygens (including phenoxy) is 4. The summed E-state index contributed by atoms with van der Waals surface area (Å²) in [6.07, 6.45) is 65.5. The zero-order chi connectivity index (χ0) is 50.6. The van der Waals surface area contributed by atoms with E-state index >= 15 is 0 Å². The van der Waals surface area contributed by atoms with E-state index in [1.807, 2.05) is 0 Å². The van der Waals surface area contributed by atoms with Crippen molar-refractivity contribution in [2.24, 2.45) is 0 Å². The Morgan fingerprint density at radius 3 is 1.31 bits per heavy atom. The van der Waals surface area contributed by atoms with E-state index in [-0.39, 0.29) is 25.6 Å². The topological polar surface area (TPSA) is 135 Å². The van der Waals surface area contributed by atoms with Gasteiger partial charge in [0.1, 0.15) is 30.5 Å². The van der Waals surface area contributed by atoms with Gasteiger partial charge in [-0.3, -0.25) is 4.79 Å². The lowest BCUT2D eigenvalue weighted by atomic mass is 9.99. The Kier molecular flexibility index (Phi) is 47.1. The maximum Gasteiger partial charge on any atom is 0.306 e. The molecule has 400 valence electrons. The van der Waals surface area contributed by atoms with Gasteiger partial charge in [-0.05, 0) is 103 Å². The molecule has 0 radical (unpaired) electrons. The summed E-state index contributed by atoms with van der Waals surface area (Å²) < 4.78 is 22.9. The second-order valence-electron chi connectivity index (χ2n) is 18.6. The van der Waals surface area contributed by atoms with Gasteiger partial charge in [-0.25, -0.2) is 0 Å². The fourth-order valence-corrected chi connectivity index (χ4v) is 7.85. The molecule has 1 heterocycles. The molecule has 9 nitrogen and oxygen atoms in total. The van der Waals surface area contributed by atoms with Crippen LogP contribution in [0.2, 0.25) is 0 Å². The fraction of sp³-hybridized carbons (Fsp3) is 0.689. The highest BCUT2D eigenvalue weighted by Gasteiger charge is 2.44. The molecule has 1 aliphatic heterocycles. The number of hydrogen-bond acceptors (Lipinski definition) is 9. The third-order valence-corrected chi connectivity index (χ3v) is 12.2. The summed E-state index contributed by atoms with van der Waals surface area (Å²) in [7, 11) is 0. The molecule has 1 aliphatic rings. The molecule has 6 atom stereocenters. The van der Waals surface area contributed by atoms with E-state index in [4.69, 9.17) is 18.9 Å². The number of carbonyl (C=O) groups is 1. The van der Waals surface area contributed by atoms with Gasteiger partial charge in [0.15, 0.2) is 6.29 Å². The molecule has 0 spiro atoms. The van der Waals surface area contributed by atoms with Crippen LogP contribution in [0.25, 0.3) is 0 Å². The predicted molar refractivity (Wildman–Crippen MR) is 293 cm³/mol. The van der Waals surface area contributed by atoms with Gasteiger partial charge in [0.25, 0.3) is 0 Å². The van der Waals surface area contributed by atoms with Crippen molar-refractivity contribution in [3.05, 3.63) is 109 Å². The summed E-state index contributed by atoms with van der Waals surface area (Å²) in [4.78, 5) is 12.9. The van der Waals surface area contributed by atoms with Gasteiger partial charge in [0, 0.05) is 13.0 Å². The molecule has 0 aromatic carbocycles. The second kappa shape index (κ2) is 50.8. The monoisotopic (exact) mass is 979 g/mol. The van der Waals surface area contributed by atoms with Gasteiger partial charge in [-0.2, -0.15) is 0 Å². The summed E-state index contributed by atoms with van der Waals surface area (Å²) in [5.74, 6) is -0.349. The van der Waals surface area contributed by atoms with Crippen LogP contribution in [0.1, 0.15) is 206 Å². The molecule has 1 rings (SSSR count). The average Bonchev–Trinajstić information content (AvgIpc) is 3.36. The van der Waals surface area contributed by atoms with E-state index in [1.165, 1.54) is 96.3 Å². The largest absolute Gasteiger partial charge is 0.457 e. The molecule has 0 aliphatic carbocycles. The number of aliphatic hydroxyl groups is 4. The molecule has 0 aromatic heterocycles. The van der Waals surface area contributed by atoms with Crippen molar-refractivity contribution in [1.29, 1.82) is 0 Å². The molecule has 1 saturated heterocycles. The molecule has 6 unspecified atom stereocenters. The molecular weight excluding hydrogens is 877 g/mol. The van der Waals surface area contributed by atoms with Crippen molar-refractivity contribution in [3.63, 3.8) is 0 Å². The lowest BCUT2D eigenvalue weighted by Crippen LogP contribution is -2.59. The fourth-order valence-electron chi connectivity index (χ4n) is 7.85. The van der Waals surface area contributed by atoms with E-state index in [2.05, 4.69) is 123 Å². The van der Waals surface area contributed by atoms with E-state index < -0.39 is 43.4 Å². The Morgan fingerprint density at radius 1 is 0.471 bits per heavy atom. The van der Waals surface area contributed by atoms with Gasteiger partial charge < -0.3 is 39.4 Å². The van der Waals surface area contributed by atoms with E-state index in [9.17, 15) is 25.2 Å². The van der Waals surface area contributed by atoms with Gasteiger partial charge in [-0.15, -0.1) is 0 Å². The summed E-state index contributed by atoms with van der Waals surface area (Å²) in [6, 6.07) is 0. The van der Waals surface area contributed by atoms with E-state index in [1.54, 1.807) is 0 Å². The van der Waals surface area contributed by atoms with Crippen molar-refractivity contribution in [1.82, 2.24) is 0 Å². The molecule has 0 bridgehead atoms. The zero-order valence-corrected chi connectivity index (χ0v) is 44.2. The molecule has 1 fully saturated rings. The molecule has 9 heteroatoms. The smallest absolute Gasteiger partial charge is 0.306 e. The van der Waals surface area contributed by atoms with Crippen molar-refractivity contribution in [2.45, 2.75) is 243 Å². The molecule has 0 aromatic rings. The van der Waals surface area contributed by atoms with Crippen LogP contribution in [0.4, 0.5) is 0 Å². The first-order chi connectivity index (χ1) is 34.4. The zero-order valence-electron chi connectivity index (χ0n) is 44.2. The van der Waals surface area contributed by atoms with Crippen molar-refractivity contribution >= 4 is 5.97 Å². The molecule has 70 heavy (non-hydrogen) atoms. The minimum Gasteiger partial charge on any atom is -0.457 e. The second-order valence-corrected chi connectivity index (χ2v) is 18.6. The van der Waals surface area contributed by atoms with Crippen LogP contribution in [0.3, 0.4) is 0 Å². The normalized spacial score (nSPS) is 19.8. The third-order valence-electron chi connectivity index (χ3n) is 12.2. The number of rotatable bonds is 47. The number of esters is 1. The highest BCUT2D eigenvalue weighted by atomic mass is 16.7. The number of aliphatic hydroxyl groups excluding tert-OH is 4. The number of unbranched alkanes of at least 4 members (excludes halogenated alkanes) is 18. The van der Waals surface area contributed by atoms with Gasteiger partial charge >= 0.3 is 5.97 Å². The van der Waals surface area contributed by atoms with Crippen LogP contribution in [0, 0.1) is 0 Å². The predicted octanol–water partition coefficient (Wildman–Crippen LogP) is 14.5. The highest BCUT2D eigenvalue weighted by Crippen LogP contribution is 2.23. The van der Waals surface area contributed by atoms with Crippen LogP contribution < -0.4 is 0 Å². The van der Waals surface area contributed by atoms with Crippen LogP contribution in [-0.4, -0.2) is 89.6 Å². The summed E-state index contributed by atoms with van der Waals surface area (Å²) >= 11 is 0. The Bertz CT molecular complexity index is 1440. The standard InChI is InChI=1S/C61H102O9/c1-3-5-7-9-11-13-15-17-19-21-23-25-27-28-29-30-32-34-36-38-40-42-44-46-48-50-57(63)69-55(54-68-61-60(66)59(65)58(64)56(52-62)70-61)53-67-51-49-47-45-43-41-39-37-35-33-31-26-24-22-20-18-16-14-12-10-8-6-4-2/h5,7,11,13,16-19,22-25,28-29,32,34,38,40,55-56,58-62,64-66H,3-4,6,8-10,12,14-15,20-21,26-27,30-31,33,35-37,39,41-54H2,1-2H3/b7-5-,13-11-,18-16-,19-17-,24-22-,25-23-,29-28-,34-32-,40-38-. The number of carbonyl (C=O) groups excluding carboxylic acids is 1. The lowest BCUT2D eigenvalue weighted by Gasteiger charge is -2.39. The maximum absolute atomic E-state index is 12.9. The van der Waals surface area contributed by atoms with Crippen LogP contribution in [0.5, 0.6) is 0 Å². The van der Waals surface area contributed by atoms with Crippen LogP contribution >= 0.6 is 0 Å². The van der Waals surface area contributed by atoms with E-state index in [0.29, 0.717) is 13.0 Å². The van der Waals surface area contributed by atoms with Crippen molar-refractivity contribution < 1.29 is 44.2 Å². The van der Waals surface area contributed by atoms with Gasteiger partial charge in [0.05, 0.1) is 19.8 Å². The lowest BCUT2D eigenvalue weighted by molar-refractivity contribution is -0.305. The Morgan fingerprint density at radius 2 is 0.871 bits per heavy atom. The van der Waals surface area contributed by atoms with Crippen molar-refractivity contribution in [2.75, 3.05) is 26.4 Å². The average molecular weight is 979 g/mol. The molecule has 0 amide bonds. The minimum atomic E-state index is -1.55. The summed E-state index contributed by atoms with van der Waals surface area (Å²) in [6.45, 7) is 4.38. The number of hydrogen-bond donors (Lipinski definition) is 4. The Hall–Kier alpha value is -3.15. The first-order valence-electron chi connectivity index (χ1n) is 28.0. The third kappa shape index (κ3) is 40.4. The minimum absolute atomic E-state index is 0.122. The molecule has 0 saturated carbocycles. The van der Waals surface area contributed by atoms with Crippen LogP contribution in [0.15, 0.2) is 109 Å². The highest BCUT2D eigenvalue weighted by molar-refractivity contribution is 5.69. The molecular formula is C61H102O9. The maximum atomic E-state index is 12.9. The number of allylic oxidation sites excluding steroid dienone is 18. The Balaban J connectivity index is 2.23. The Labute approximate surface area is 427 Å². The SMILES string of the molecule is CC/C=C\C/C=C\C/C=C\C/C=C\C/C=C\C/C=C\C/C=C\CCCCCC(=O)OC(COCCCCCCCCCCCC/C=C\C/C=C\CCCCCCC)COC1OC(CO)C(O)C(O)C1O. The molecule has 4 N–H and O–H groups in total. The van der Waals surface area contributed by atoms with Crippen molar-refractivity contribution in [3.8, 4) is 0 Å². The van der Waals surface area contributed by atoms with Gasteiger partial charge in [-0.1, -0.05) is 207 Å². The van der Waals surface area contributed by atoms with Gasteiger partial charge in [0.2, 0.25) is 0 Å².